The minimum atomic E-state index is -4.66. The van der Waals surface area contributed by atoms with Crippen LogP contribution in [-0.4, -0.2) is 53.0 Å². The second-order valence-electron chi connectivity index (χ2n) is 6.74. The standard InChI is InChI=1S/C18H20Cl2F3N5OS/c1-11-16(20)17(18(21,22)23)24-28(11)10-15(29)27-7-5-26(6-8-27)12-3-4-13(19)14(9-12)25-30-2/h3-4,9,25H,5-8,10H2,1-2H3. The molecule has 3 rings (SSSR count). The van der Waals surface area contributed by atoms with E-state index in [-0.39, 0.29) is 18.1 Å². The molecule has 0 aliphatic carbocycles. The average Bonchev–Trinajstić information content (AvgIpc) is 2.98. The number of amides is 1. The predicted molar refractivity (Wildman–Crippen MR) is 114 cm³/mol. The smallest absolute Gasteiger partial charge is 0.368 e. The first-order chi connectivity index (χ1) is 14.1. The Hall–Kier alpha value is -1.78. The molecular weight excluding hydrogens is 462 g/mol. The van der Waals surface area contributed by atoms with Gasteiger partial charge in [-0.3, -0.25) is 9.48 Å². The molecule has 2 heterocycles. The number of hydrogen-bond donors (Lipinski definition) is 1. The number of hydrogen-bond acceptors (Lipinski definition) is 5. The molecule has 1 N–H and O–H groups in total. The van der Waals surface area contributed by atoms with Crippen molar-refractivity contribution >= 4 is 52.4 Å². The summed E-state index contributed by atoms with van der Waals surface area (Å²) in [6.07, 6.45) is -2.76. The molecule has 1 amide bonds. The van der Waals surface area contributed by atoms with Crippen LogP contribution in [0.4, 0.5) is 24.5 Å². The van der Waals surface area contributed by atoms with E-state index < -0.39 is 16.9 Å². The molecule has 12 heteroatoms. The van der Waals surface area contributed by atoms with Crippen LogP contribution in [-0.2, 0) is 17.5 Å². The summed E-state index contributed by atoms with van der Waals surface area (Å²) in [5, 5.41) is 3.64. The van der Waals surface area contributed by atoms with Crippen LogP contribution in [0.25, 0.3) is 0 Å². The van der Waals surface area contributed by atoms with Gasteiger partial charge >= 0.3 is 6.18 Å². The van der Waals surface area contributed by atoms with Gasteiger partial charge < -0.3 is 14.5 Å². The van der Waals surface area contributed by atoms with E-state index in [0.29, 0.717) is 31.2 Å². The van der Waals surface area contributed by atoms with Crippen molar-refractivity contribution in [2.24, 2.45) is 0 Å². The molecule has 0 unspecified atom stereocenters. The van der Waals surface area contributed by atoms with Gasteiger partial charge in [-0.05, 0) is 25.1 Å². The van der Waals surface area contributed by atoms with E-state index in [0.717, 1.165) is 16.1 Å². The van der Waals surface area contributed by atoms with E-state index >= 15 is 0 Å². The maximum Gasteiger partial charge on any atom is 0.436 e. The Kier molecular flexibility index (Phi) is 6.98. The first kappa shape index (κ1) is 22.9. The van der Waals surface area contributed by atoms with Gasteiger partial charge in [0, 0.05) is 38.1 Å². The molecule has 1 aliphatic heterocycles. The number of piperazine rings is 1. The minimum Gasteiger partial charge on any atom is -0.368 e. The van der Waals surface area contributed by atoms with E-state index in [4.69, 9.17) is 23.2 Å². The lowest BCUT2D eigenvalue weighted by Crippen LogP contribution is -2.49. The van der Waals surface area contributed by atoms with Crippen LogP contribution in [0.1, 0.15) is 11.4 Å². The molecule has 1 aromatic carbocycles. The maximum absolute atomic E-state index is 13.0. The van der Waals surface area contributed by atoms with Gasteiger partial charge in [0.1, 0.15) is 6.54 Å². The first-order valence-corrected chi connectivity index (χ1v) is 11.0. The Morgan fingerprint density at radius 3 is 2.47 bits per heavy atom. The fourth-order valence-electron chi connectivity index (χ4n) is 3.20. The van der Waals surface area contributed by atoms with Gasteiger partial charge in [-0.1, -0.05) is 35.1 Å². The highest BCUT2D eigenvalue weighted by molar-refractivity contribution is 7.99. The van der Waals surface area contributed by atoms with E-state index in [1.165, 1.54) is 18.9 Å². The molecule has 0 saturated carbocycles. The molecule has 6 nitrogen and oxygen atoms in total. The summed E-state index contributed by atoms with van der Waals surface area (Å²) < 4.78 is 43.0. The molecule has 2 aromatic rings. The number of halogens is 5. The molecule has 1 fully saturated rings. The Morgan fingerprint density at radius 1 is 1.23 bits per heavy atom. The summed E-state index contributed by atoms with van der Waals surface area (Å²) in [6.45, 7) is 3.22. The number of rotatable bonds is 5. The van der Waals surface area contributed by atoms with Crippen LogP contribution in [0.15, 0.2) is 18.2 Å². The summed E-state index contributed by atoms with van der Waals surface area (Å²) >= 11 is 13.4. The van der Waals surface area contributed by atoms with Gasteiger partial charge in [0.25, 0.3) is 0 Å². The summed E-state index contributed by atoms with van der Waals surface area (Å²) in [5.41, 5.74) is 0.738. The molecule has 1 aliphatic rings. The number of benzene rings is 1. The fraction of sp³-hybridized carbons (Fsp3) is 0.444. The van der Waals surface area contributed by atoms with Crippen molar-refractivity contribution in [1.29, 1.82) is 0 Å². The minimum absolute atomic E-state index is 0.117. The number of nitrogens with zero attached hydrogens (tertiary/aromatic N) is 4. The summed E-state index contributed by atoms with van der Waals surface area (Å²) in [4.78, 5) is 16.4. The second kappa shape index (κ2) is 9.15. The van der Waals surface area contributed by atoms with Crippen molar-refractivity contribution in [3.05, 3.63) is 39.6 Å². The van der Waals surface area contributed by atoms with Gasteiger partial charge in [-0.2, -0.15) is 18.3 Å². The SMILES string of the molecule is CSNc1cc(N2CCN(C(=O)Cn3nc(C(F)(F)F)c(Cl)c3C)CC2)ccc1Cl. The van der Waals surface area contributed by atoms with Crippen LogP contribution < -0.4 is 9.62 Å². The lowest BCUT2D eigenvalue weighted by Gasteiger charge is -2.36. The molecule has 0 radical (unpaired) electrons. The van der Waals surface area contributed by atoms with Gasteiger partial charge in [-0.15, -0.1) is 0 Å². The molecule has 0 bridgehead atoms. The fourth-order valence-corrected chi connectivity index (χ4v) is 4.05. The van der Waals surface area contributed by atoms with Gasteiger partial charge in [-0.25, -0.2) is 0 Å². The Morgan fingerprint density at radius 2 is 1.90 bits per heavy atom. The van der Waals surface area contributed by atoms with Crippen molar-refractivity contribution in [1.82, 2.24) is 14.7 Å². The molecule has 1 saturated heterocycles. The highest BCUT2D eigenvalue weighted by Gasteiger charge is 2.38. The third-order valence-electron chi connectivity index (χ3n) is 4.85. The lowest BCUT2D eigenvalue weighted by atomic mass is 10.2. The molecule has 164 valence electrons. The van der Waals surface area contributed by atoms with Gasteiger partial charge in [0.2, 0.25) is 5.91 Å². The van der Waals surface area contributed by atoms with Crippen molar-refractivity contribution in [3.8, 4) is 0 Å². The number of anilines is 2. The predicted octanol–water partition coefficient (Wildman–Crippen LogP) is 4.56. The average molecular weight is 482 g/mol. The van der Waals surface area contributed by atoms with Crippen molar-refractivity contribution in [2.45, 2.75) is 19.6 Å². The summed E-state index contributed by atoms with van der Waals surface area (Å²) in [7, 11) is 0. The van der Waals surface area contributed by atoms with Gasteiger partial charge in [0.15, 0.2) is 5.69 Å². The number of carbonyl (C=O) groups is 1. The summed E-state index contributed by atoms with van der Waals surface area (Å²) in [5.74, 6) is -0.300. The lowest BCUT2D eigenvalue weighted by molar-refractivity contribution is -0.142. The highest BCUT2D eigenvalue weighted by atomic mass is 35.5. The number of carbonyl (C=O) groups excluding carboxylic acids is 1. The van der Waals surface area contributed by atoms with Crippen molar-refractivity contribution in [2.75, 3.05) is 42.1 Å². The van der Waals surface area contributed by atoms with E-state index in [2.05, 4.69) is 14.7 Å². The third-order valence-corrected chi connectivity index (χ3v) is 6.05. The highest BCUT2D eigenvalue weighted by Crippen LogP contribution is 2.35. The molecule has 0 spiro atoms. The van der Waals surface area contributed by atoms with Gasteiger partial charge in [0.05, 0.1) is 21.4 Å². The Bertz CT molecular complexity index is 929. The van der Waals surface area contributed by atoms with Crippen LogP contribution in [0.3, 0.4) is 0 Å². The molecule has 1 aromatic heterocycles. The van der Waals surface area contributed by atoms with E-state index in [1.807, 2.05) is 24.5 Å². The van der Waals surface area contributed by atoms with Crippen LogP contribution in [0, 0.1) is 6.92 Å². The van der Waals surface area contributed by atoms with E-state index in [9.17, 15) is 18.0 Å². The second-order valence-corrected chi connectivity index (χ2v) is 8.14. The zero-order valence-electron chi connectivity index (χ0n) is 16.3. The van der Waals surface area contributed by atoms with Crippen LogP contribution >= 0.6 is 35.1 Å². The third kappa shape index (κ3) is 4.92. The molecule has 30 heavy (non-hydrogen) atoms. The van der Waals surface area contributed by atoms with Crippen LogP contribution in [0.5, 0.6) is 0 Å². The van der Waals surface area contributed by atoms with Crippen molar-refractivity contribution < 1.29 is 18.0 Å². The van der Waals surface area contributed by atoms with Crippen LogP contribution in [0.2, 0.25) is 10.0 Å². The first-order valence-electron chi connectivity index (χ1n) is 9.03. The monoisotopic (exact) mass is 481 g/mol. The van der Waals surface area contributed by atoms with Crippen molar-refractivity contribution in [3.63, 3.8) is 0 Å². The normalized spacial score (nSPS) is 14.9. The summed E-state index contributed by atoms with van der Waals surface area (Å²) in [6, 6.07) is 5.68. The zero-order chi connectivity index (χ0) is 22.1. The quantitative estimate of drug-likeness (QED) is 0.634. The topological polar surface area (TPSA) is 53.4 Å². The number of nitrogens with one attached hydrogen (secondary N) is 1. The maximum atomic E-state index is 13.0. The largest absolute Gasteiger partial charge is 0.436 e. The van der Waals surface area contributed by atoms with E-state index in [1.54, 1.807) is 4.90 Å². The number of alkyl halides is 3. The zero-order valence-corrected chi connectivity index (χ0v) is 18.6. The Labute approximate surface area is 186 Å². The molecular formula is C18H20Cl2F3N5OS. The molecule has 0 atom stereocenters. The number of aromatic nitrogens is 2. The Balaban J connectivity index is 1.63.